The van der Waals surface area contributed by atoms with Crippen LogP contribution in [0.1, 0.15) is 19.4 Å². The number of nitriles is 1. The normalized spacial score (nSPS) is 12.1. The van der Waals surface area contributed by atoms with E-state index in [1.807, 2.05) is 13.0 Å². The molecular formula is C19H19N9O. The summed E-state index contributed by atoms with van der Waals surface area (Å²) in [5.74, 6) is 0.591. The molecule has 2 N–H and O–H groups in total. The summed E-state index contributed by atoms with van der Waals surface area (Å²) in [5, 5.41) is 35.3. The molecule has 0 aliphatic carbocycles. The van der Waals surface area contributed by atoms with E-state index in [0.29, 0.717) is 35.8 Å². The summed E-state index contributed by atoms with van der Waals surface area (Å²) in [6, 6.07) is 5.69. The zero-order chi connectivity index (χ0) is 20.4. The summed E-state index contributed by atoms with van der Waals surface area (Å²) >= 11 is 0. The third kappa shape index (κ3) is 3.63. The van der Waals surface area contributed by atoms with Gasteiger partial charge in [0.2, 0.25) is 0 Å². The Hall–Kier alpha value is -3.84. The van der Waals surface area contributed by atoms with Gasteiger partial charge in [-0.1, -0.05) is 5.21 Å². The molecule has 146 valence electrons. The number of aliphatic hydroxyl groups is 1. The second-order valence-electron chi connectivity index (χ2n) is 6.60. The molecule has 4 aromatic heterocycles. The van der Waals surface area contributed by atoms with Crippen molar-refractivity contribution in [2.75, 3.05) is 11.9 Å². The second kappa shape index (κ2) is 7.65. The molecule has 1 atom stereocenters. The standard InChI is InChI=1S/C19H19N9O/c1-3-21-16-5-18(28-19-14(8-24-28)4-13(6-20)7-23-19)22-9-15(16)17-11-27(26-25-17)10-12(2)29/h4-5,7-9,11-12,29H,3,10H2,1-2H3,(H,21,22)/t12-/m0/s1. The summed E-state index contributed by atoms with van der Waals surface area (Å²) in [4.78, 5) is 8.88. The number of anilines is 1. The summed E-state index contributed by atoms with van der Waals surface area (Å²) in [6.07, 6.45) is 6.15. The Bertz CT molecular complexity index is 1200. The minimum absolute atomic E-state index is 0.366. The van der Waals surface area contributed by atoms with Crippen molar-refractivity contribution in [2.24, 2.45) is 0 Å². The number of nitrogens with one attached hydrogen (secondary N) is 1. The molecule has 0 saturated heterocycles. The van der Waals surface area contributed by atoms with Gasteiger partial charge in [-0.2, -0.15) is 15.0 Å². The van der Waals surface area contributed by atoms with E-state index in [-0.39, 0.29) is 0 Å². The highest BCUT2D eigenvalue weighted by atomic mass is 16.3. The molecule has 4 aromatic rings. The number of rotatable bonds is 6. The fourth-order valence-corrected chi connectivity index (χ4v) is 3.03. The van der Waals surface area contributed by atoms with E-state index >= 15 is 0 Å². The number of aliphatic hydroxyl groups excluding tert-OH is 1. The molecule has 10 heteroatoms. The van der Waals surface area contributed by atoms with Gasteiger partial charge in [0.1, 0.15) is 11.8 Å². The molecular weight excluding hydrogens is 370 g/mol. The van der Waals surface area contributed by atoms with Crippen LogP contribution in [0.4, 0.5) is 5.69 Å². The van der Waals surface area contributed by atoms with Crippen LogP contribution >= 0.6 is 0 Å². The first-order valence-electron chi connectivity index (χ1n) is 9.15. The number of fused-ring (bicyclic) bond motifs is 1. The van der Waals surface area contributed by atoms with Gasteiger partial charge >= 0.3 is 0 Å². The predicted molar refractivity (Wildman–Crippen MR) is 106 cm³/mol. The molecule has 0 fully saturated rings. The van der Waals surface area contributed by atoms with Crippen LogP contribution in [0.25, 0.3) is 28.1 Å². The van der Waals surface area contributed by atoms with Gasteiger partial charge in [-0.05, 0) is 19.9 Å². The highest BCUT2D eigenvalue weighted by molar-refractivity contribution is 5.79. The molecule has 0 spiro atoms. The smallest absolute Gasteiger partial charge is 0.164 e. The third-order valence-electron chi connectivity index (χ3n) is 4.28. The second-order valence-corrected chi connectivity index (χ2v) is 6.60. The van der Waals surface area contributed by atoms with Crippen molar-refractivity contribution in [3.8, 4) is 23.1 Å². The van der Waals surface area contributed by atoms with Crippen molar-refractivity contribution in [1.29, 1.82) is 5.26 Å². The molecule has 0 saturated carbocycles. The lowest BCUT2D eigenvalue weighted by atomic mass is 10.1. The Kier molecular flexibility index (Phi) is 4.88. The van der Waals surface area contributed by atoms with Crippen molar-refractivity contribution in [2.45, 2.75) is 26.5 Å². The van der Waals surface area contributed by atoms with Crippen LogP contribution in [-0.4, -0.2) is 52.5 Å². The Balaban J connectivity index is 1.75. The Labute approximate surface area is 166 Å². The highest BCUT2D eigenvalue weighted by Gasteiger charge is 2.15. The van der Waals surface area contributed by atoms with Crippen molar-refractivity contribution in [3.63, 3.8) is 0 Å². The van der Waals surface area contributed by atoms with Crippen LogP contribution in [0, 0.1) is 11.3 Å². The third-order valence-corrected chi connectivity index (χ3v) is 4.28. The first-order valence-corrected chi connectivity index (χ1v) is 9.15. The summed E-state index contributed by atoms with van der Waals surface area (Å²) in [7, 11) is 0. The Morgan fingerprint density at radius 1 is 1.24 bits per heavy atom. The molecule has 29 heavy (non-hydrogen) atoms. The average molecular weight is 389 g/mol. The molecule has 0 unspecified atom stereocenters. The number of hydrogen-bond acceptors (Lipinski definition) is 8. The number of aromatic nitrogens is 7. The molecule has 4 rings (SSSR count). The van der Waals surface area contributed by atoms with Gasteiger partial charge in [0.05, 0.1) is 30.6 Å². The van der Waals surface area contributed by atoms with Crippen LogP contribution in [0.15, 0.2) is 36.9 Å². The van der Waals surface area contributed by atoms with Crippen molar-refractivity contribution in [3.05, 3.63) is 42.5 Å². The molecule has 0 aliphatic heterocycles. The summed E-state index contributed by atoms with van der Waals surface area (Å²) in [5.41, 5.74) is 3.38. The summed E-state index contributed by atoms with van der Waals surface area (Å²) in [6.45, 7) is 4.78. The lowest BCUT2D eigenvalue weighted by molar-refractivity contribution is 0.167. The molecule has 0 aliphatic rings. The maximum absolute atomic E-state index is 9.54. The van der Waals surface area contributed by atoms with Crippen LogP contribution in [0.5, 0.6) is 0 Å². The van der Waals surface area contributed by atoms with E-state index < -0.39 is 6.10 Å². The van der Waals surface area contributed by atoms with E-state index in [2.05, 4.69) is 36.8 Å². The lowest BCUT2D eigenvalue weighted by Crippen LogP contribution is -2.11. The van der Waals surface area contributed by atoms with E-state index in [9.17, 15) is 5.11 Å². The average Bonchev–Trinajstić information content (AvgIpc) is 3.34. The summed E-state index contributed by atoms with van der Waals surface area (Å²) < 4.78 is 3.23. The molecule has 0 amide bonds. The van der Waals surface area contributed by atoms with Crippen LogP contribution in [0.2, 0.25) is 0 Å². The lowest BCUT2D eigenvalue weighted by Gasteiger charge is -2.11. The number of nitrogens with zero attached hydrogens (tertiary/aromatic N) is 8. The van der Waals surface area contributed by atoms with E-state index in [4.69, 9.17) is 5.26 Å². The molecule has 0 bridgehead atoms. The molecule has 0 aromatic carbocycles. The number of hydrogen-bond donors (Lipinski definition) is 2. The fraction of sp³-hybridized carbons (Fsp3) is 0.263. The van der Waals surface area contributed by atoms with Gasteiger partial charge in [-0.15, -0.1) is 5.10 Å². The maximum Gasteiger partial charge on any atom is 0.164 e. The maximum atomic E-state index is 9.54. The minimum atomic E-state index is -0.513. The highest BCUT2D eigenvalue weighted by Crippen LogP contribution is 2.28. The van der Waals surface area contributed by atoms with Gasteiger partial charge in [0.15, 0.2) is 11.5 Å². The predicted octanol–water partition coefficient (Wildman–Crippen LogP) is 1.76. The largest absolute Gasteiger partial charge is 0.391 e. The van der Waals surface area contributed by atoms with Crippen LogP contribution in [-0.2, 0) is 6.54 Å². The van der Waals surface area contributed by atoms with Crippen LogP contribution < -0.4 is 5.32 Å². The van der Waals surface area contributed by atoms with Gasteiger partial charge in [0, 0.05) is 41.6 Å². The van der Waals surface area contributed by atoms with E-state index in [0.717, 1.165) is 16.6 Å². The molecule has 0 radical (unpaired) electrons. The topological polar surface area (TPSA) is 130 Å². The first kappa shape index (κ1) is 18.5. The van der Waals surface area contributed by atoms with Gasteiger partial charge < -0.3 is 10.4 Å². The van der Waals surface area contributed by atoms with Gasteiger partial charge in [0.25, 0.3) is 0 Å². The van der Waals surface area contributed by atoms with Crippen molar-refractivity contribution < 1.29 is 5.11 Å². The van der Waals surface area contributed by atoms with Gasteiger partial charge in [-0.25, -0.2) is 14.6 Å². The van der Waals surface area contributed by atoms with E-state index in [1.54, 1.807) is 40.9 Å². The van der Waals surface area contributed by atoms with Crippen molar-refractivity contribution in [1.82, 2.24) is 34.7 Å². The first-order chi connectivity index (χ1) is 14.1. The fourth-order valence-electron chi connectivity index (χ4n) is 3.03. The minimum Gasteiger partial charge on any atom is -0.391 e. The SMILES string of the molecule is CCNc1cc(-n2ncc3cc(C#N)cnc32)ncc1-c1cn(C[C@H](C)O)nn1. The number of pyridine rings is 2. The zero-order valence-electron chi connectivity index (χ0n) is 16.0. The van der Waals surface area contributed by atoms with E-state index in [1.165, 1.54) is 6.20 Å². The van der Waals surface area contributed by atoms with Gasteiger partial charge in [-0.3, -0.25) is 0 Å². The molecule has 4 heterocycles. The monoisotopic (exact) mass is 389 g/mol. The quantitative estimate of drug-likeness (QED) is 0.510. The zero-order valence-corrected chi connectivity index (χ0v) is 16.0. The van der Waals surface area contributed by atoms with Crippen LogP contribution in [0.3, 0.4) is 0 Å². The van der Waals surface area contributed by atoms with Crippen molar-refractivity contribution >= 4 is 16.7 Å². The Morgan fingerprint density at radius 3 is 2.86 bits per heavy atom. The molecule has 10 nitrogen and oxygen atoms in total. The Morgan fingerprint density at radius 2 is 2.10 bits per heavy atom.